The molecule has 1 amide bonds. The van der Waals surface area contributed by atoms with E-state index in [1.165, 1.54) is 5.56 Å². The van der Waals surface area contributed by atoms with E-state index < -0.39 is 6.04 Å². The highest BCUT2D eigenvalue weighted by molar-refractivity contribution is 5.83. The van der Waals surface area contributed by atoms with Crippen molar-refractivity contribution in [3.63, 3.8) is 0 Å². The van der Waals surface area contributed by atoms with E-state index in [0.29, 0.717) is 0 Å². The van der Waals surface area contributed by atoms with Crippen molar-refractivity contribution in [3.8, 4) is 0 Å². The molecule has 1 unspecified atom stereocenters. The van der Waals surface area contributed by atoms with Gasteiger partial charge in [0, 0.05) is 13.1 Å². The molecule has 100 valence electrons. The van der Waals surface area contributed by atoms with Gasteiger partial charge in [-0.1, -0.05) is 43.7 Å². The first kappa shape index (κ1) is 14.7. The predicted octanol–water partition coefficient (Wildman–Crippen LogP) is 2.64. The van der Waals surface area contributed by atoms with Gasteiger partial charge in [-0.05, 0) is 25.3 Å². The summed E-state index contributed by atoms with van der Waals surface area (Å²) in [6.07, 6.45) is 1.93. The van der Waals surface area contributed by atoms with Gasteiger partial charge in [0.05, 0.1) is 0 Å². The fraction of sp³-hybridized carbons (Fsp3) is 0.533. The number of carbonyl (C=O) groups excluding carboxylic acids is 1. The average Bonchev–Trinajstić information content (AvgIpc) is 2.38. The maximum Gasteiger partial charge on any atom is 0.244 e. The number of hydrogen-bond acceptors (Lipinski definition) is 2. The maximum absolute atomic E-state index is 12.3. The number of aryl methyl sites for hydroxylation is 1. The molecule has 0 saturated carbocycles. The molecule has 0 aliphatic carbocycles. The molecule has 0 heterocycles. The van der Waals surface area contributed by atoms with Gasteiger partial charge in [0.2, 0.25) is 5.91 Å². The predicted molar refractivity (Wildman–Crippen MR) is 75.3 cm³/mol. The lowest BCUT2D eigenvalue weighted by Gasteiger charge is -2.25. The Hall–Kier alpha value is -1.35. The SMILES string of the molecule is CCCN(CCC)C(=O)C(N)c1ccc(C)cc1. The van der Waals surface area contributed by atoms with Crippen molar-refractivity contribution in [2.45, 2.75) is 39.7 Å². The van der Waals surface area contributed by atoms with E-state index in [2.05, 4.69) is 13.8 Å². The molecule has 0 fully saturated rings. The summed E-state index contributed by atoms with van der Waals surface area (Å²) in [5, 5.41) is 0. The molecule has 0 aliphatic rings. The van der Waals surface area contributed by atoms with Crippen LogP contribution in [0.1, 0.15) is 43.9 Å². The van der Waals surface area contributed by atoms with E-state index in [0.717, 1.165) is 31.5 Å². The Kier molecular flexibility index (Phi) is 5.86. The van der Waals surface area contributed by atoms with Crippen LogP contribution in [0.15, 0.2) is 24.3 Å². The highest BCUT2D eigenvalue weighted by atomic mass is 16.2. The van der Waals surface area contributed by atoms with Crippen LogP contribution in [0, 0.1) is 6.92 Å². The summed E-state index contributed by atoms with van der Waals surface area (Å²) >= 11 is 0. The molecule has 1 atom stereocenters. The summed E-state index contributed by atoms with van der Waals surface area (Å²) in [5.74, 6) is 0.0301. The van der Waals surface area contributed by atoms with Crippen LogP contribution in [0.25, 0.3) is 0 Å². The molecule has 0 saturated heterocycles. The molecule has 0 radical (unpaired) electrons. The Morgan fingerprint density at radius 3 is 2.11 bits per heavy atom. The van der Waals surface area contributed by atoms with Crippen LogP contribution in [0.3, 0.4) is 0 Å². The quantitative estimate of drug-likeness (QED) is 0.841. The topological polar surface area (TPSA) is 46.3 Å². The number of nitrogens with two attached hydrogens (primary N) is 1. The Morgan fingerprint density at radius 1 is 1.17 bits per heavy atom. The van der Waals surface area contributed by atoms with Crippen LogP contribution in [0.4, 0.5) is 0 Å². The van der Waals surface area contributed by atoms with E-state index in [9.17, 15) is 4.79 Å². The highest BCUT2D eigenvalue weighted by Crippen LogP contribution is 2.14. The van der Waals surface area contributed by atoms with Crippen LogP contribution in [0.2, 0.25) is 0 Å². The third kappa shape index (κ3) is 3.84. The Labute approximate surface area is 110 Å². The van der Waals surface area contributed by atoms with Crippen molar-refractivity contribution in [2.24, 2.45) is 5.73 Å². The second-order valence-electron chi connectivity index (χ2n) is 4.71. The van der Waals surface area contributed by atoms with Crippen LogP contribution >= 0.6 is 0 Å². The fourth-order valence-electron chi connectivity index (χ4n) is 1.99. The van der Waals surface area contributed by atoms with Crippen LogP contribution in [0.5, 0.6) is 0 Å². The van der Waals surface area contributed by atoms with E-state index >= 15 is 0 Å². The highest BCUT2D eigenvalue weighted by Gasteiger charge is 2.21. The fourth-order valence-corrected chi connectivity index (χ4v) is 1.99. The van der Waals surface area contributed by atoms with Gasteiger partial charge in [-0.25, -0.2) is 0 Å². The van der Waals surface area contributed by atoms with E-state index in [1.54, 1.807) is 0 Å². The van der Waals surface area contributed by atoms with Crippen LogP contribution < -0.4 is 5.73 Å². The zero-order valence-electron chi connectivity index (χ0n) is 11.6. The van der Waals surface area contributed by atoms with Crippen molar-refractivity contribution >= 4 is 5.91 Å². The minimum absolute atomic E-state index is 0.0301. The standard InChI is InChI=1S/C15H24N2O/c1-4-10-17(11-5-2)15(18)14(16)13-8-6-12(3)7-9-13/h6-9,14H,4-5,10-11,16H2,1-3H3. The molecule has 18 heavy (non-hydrogen) atoms. The summed E-state index contributed by atoms with van der Waals surface area (Å²) < 4.78 is 0. The van der Waals surface area contributed by atoms with E-state index in [-0.39, 0.29) is 5.91 Å². The van der Waals surface area contributed by atoms with Crippen molar-refractivity contribution in [1.82, 2.24) is 4.90 Å². The molecule has 0 spiro atoms. The largest absolute Gasteiger partial charge is 0.341 e. The first-order chi connectivity index (χ1) is 8.60. The first-order valence-electron chi connectivity index (χ1n) is 6.71. The van der Waals surface area contributed by atoms with Crippen molar-refractivity contribution < 1.29 is 4.79 Å². The van der Waals surface area contributed by atoms with Crippen LogP contribution in [-0.2, 0) is 4.79 Å². The third-order valence-electron chi connectivity index (χ3n) is 3.00. The second kappa shape index (κ2) is 7.17. The van der Waals surface area contributed by atoms with Crippen molar-refractivity contribution in [3.05, 3.63) is 35.4 Å². The van der Waals surface area contributed by atoms with Gasteiger partial charge in [0.15, 0.2) is 0 Å². The molecule has 2 N–H and O–H groups in total. The van der Waals surface area contributed by atoms with Gasteiger partial charge in [-0.3, -0.25) is 4.79 Å². The smallest absolute Gasteiger partial charge is 0.244 e. The normalized spacial score (nSPS) is 12.2. The van der Waals surface area contributed by atoms with Gasteiger partial charge in [-0.2, -0.15) is 0 Å². The Morgan fingerprint density at radius 2 is 1.67 bits per heavy atom. The maximum atomic E-state index is 12.3. The van der Waals surface area contributed by atoms with Gasteiger partial charge in [-0.15, -0.1) is 0 Å². The third-order valence-corrected chi connectivity index (χ3v) is 3.00. The lowest BCUT2D eigenvalue weighted by molar-refractivity contribution is -0.132. The molecular formula is C15H24N2O. The van der Waals surface area contributed by atoms with Crippen molar-refractivity contribution in [1.29, 1.82) is 0 Å². The Bertz CT molecular complexity index is 367. The summed E-state index contributed by atoms with van der Waals surface area (Å²) in [7, 11) is 0. The molecule has 1 aromatic carbocycles. The van der Waals surface area contributed by atoms with Gasteiger partial charge >= 0.3 is 0 Å². The monoisotopic (exact) mass is 248 g/mol. The average molecular weight is 248 g/mol. The number of rotatable bonds is 6. The molecular weight excluding hydrogens is 224 g/mol. The lowest BCUT2D eigenvalue weighted by atomic mass is 10.0. The number of hydrogen-bond donors (Lipinski definition) is 1. The lowest BCUT2D eigenvalue weighted by Crippen LogP contribution is -2.39. The molecule has 3 heteroatoms. The molecule has 1 aromatic rings. The Balaban J connectivity index is 2.77. The summed E-state index contributed by atoms with van der Waals surface area (Å²) in [4.78, 5) is 14.2. The molecule has 0 bridgehead atoms. The number of amides is 1. The minimum Gasteiger partial charge on any atom is -0.341 e. The van der Waals surface area contributed by atoms with Gasteiger partial charge < -0.3 is 10.6 Å². The van der Waals surface area contributed by atoms with Crippen molar-refractivity contribution in [2.75, 3.05) is 13.1 Å². The van der Waals surface area contributed by atoms with Gasteiger partial charge in [0.1, 0.15) is 6.04 Å². The summed E-state index contributed by atoms with van der Waals surface area (Å²) in [5.41, 5.74) is 8.13. The molecule has 1 rings (SSSR count). The van der Waals surface area contributed by atoms with Gasteiger partial charge in [0.25, 0.3) is 0 Å². The first-order valence-corrected chi connectivity index (χ1v) is 6.71. The molecule has 0 aliphatic heterocycles. The number of carbonyl (C=O) groups is 1. The van der Waals surface area contributed by atoms with Crippen LogP contribution in [-0.4, -0.2) is 23.9 Å². The summed E-state index contributed by atoms with van der Waals surface area (Å²) in [6.45, 7) is 7.75. The zero-order chi connectivity index (χ0) is 13.5. The summed E-state index contributed by atoms with van der Waals surface area (Å²) in [6, 6.07) is 7.32. The zero-order valence-corrected chi connectivity index (χ0v) is 11.6. The minimum atomic E-state index is -0.538. The molecule has 3 nitrogen and oxygen atoms in total. The number of nitrogens with zero attached hydrogens (tertiary/aromatic N) is 1. The van der Waals surface area contributed by atoms with E-state index in [4.69, 9.17) is 5.73 Å². The van der Waals surface area contributed by atoms with E-state index in [1.807, 2.05) is 36.1 Å². The molecule has 0 aromatic heterocycles. The second-order valence-corrected chi connectivity index (χ2v) is 4.71. The number of benzene rings is 1.